The van der Waals surface area contributed by atoms with Gasteiger partial charge in [-0.3, -0.25) is 4.79 Å². The molecule has 25 heavy (non-hydrogen) atoms. The van der Waals surface area contributed by atoms with Crippen molar-refractivity contribution in [1.82, 2.24) is 4.90 Å². The Balaban J connectivity index is 1.83. The zero-order valence-electron chi connectivity index (χ0n) is 14.2. The highest BCUT2D eigenvalue weighted by Gasteiger charge is 2.12. The second kappa shape index (κ2) is 8.78. The van der Waals surface area contributed by atoms with Crippen molar-refractivity contribution >= 4 is 18.0 Å². The highest BCUT2D eigenvalue weighted by molar-refractivity contribution is 5.89. The summed E-state index contributed by atoms with van der Waals surface area (Å²) < 4.78 is 18.4. The molecule has 0 spiro atoms. The van der Waals surface area contributed by atoms with Gasteiger partial charge in [-0.25, -0.2) is 9.18 Å². The van der Waals surface area contributed by atoms with Crippen LogP contribution in [0.4, 0.5) is 4.39 Å². The van der Waals surface area contributed by atoms with Gasteiger partial charge in [0.25, 0.3) is 5.91 Å². The van der Waals surface area contributed by atoms with Crippen LogP contribution in [-0.4, -0.2) is 30.4 Å². The van der Waals surface area contributed by atoms with E-state index < -0.39 is 11.8 Å². The second-order valence-corrected chi connectivity index (χ2v) is 5.64. The largest absolute Gasteiger partial charge is 0.452 e. The van der Waals surface area contributed by atoms with Crippen LogP contribution in [0.25, 0.3) is 6.08 Å². The maximum Gasteiger partial charge on any atom is 0.331 e. The summed E-state index contributed by atoms with van der Waals surface area (Å²) in [6.45, 7) is 2.05. The maximum absolute atomic E-state index is 13.4. The molecule has 0 aliphatic carbocycles. The predicted octanol–water partition coefficient (Wildman–Crippen LogP) is 3.35. The molecule has 0 aliphatic heterocycles. The first-order chi connectivity index (χ1) is 12.0. The van der Waals surface area contributed by atoms with Gasteiger partial charge in [0.2, 0.25) is 0 Å². The number of halogens is 1. The van der Waals surface area contributed by atoms with Gasteiger partial charge in [-0.1, -0.05) is 42.5 Å². The minimum atomic E-state index is -0.694. The number of nitrogens with zero attached hydrogens (tertiary/aromatic N) is 1. The molecule has 0 atom stereocenters. The van der Waals surface area contributed by atoms with Crippen molar-refractivity contribution < 1.29 is 18.7 Å². The lowest BCUT2D eigenvalue weighted by Crippen LogP contribution is -2.30. The smallest absolute Gasteiger partial charge is 0.331 e. The molecule has 2 aromatic carbocycles. The quantitative estimate of drug-likeness (QED) is 0.598. The van der Waals surface area contributed by atoms with Gasteiger partial charge in [0.1, 0.15) is 5.82 Å². The van der Waals surface area contributed by atoms with Crippen LogP contribution < -0.4 is 0 Å². The van der Waals surface area contributed by atoms with Gasteiger partial charge in [0.15, 0.2) is 6.61 Å². The Hall–Kier alpha value is -2.95. The number of likely N-dealkylation sites (N-methyl/N-ethyl adjacent to an activating group) is 1. The Labute approximate surface area is 146 Å². The summed E-state index contributed by atoms with van der Waals surface area (Å²) in [7, 11) is 1.65. The highest BCUT2D eigenvalue weighted by atomic mass is 19.1. The third-order valence-corrected chi connectivity index (χ3v) is 3.74. The zero-order chi connectivity index (χ0) is 18.2. The predicted molar refractivity (Wildman–Crippen MR) is 94.0 cm³/mol. The Morgan fingerprint density at radius 3 is 2.52 bits per heavy atom. The van der Waals surface area contributed by atoms with E-state index in [-0.39, 0.29) is 18.1 Å². The Kier molecular flexibility index (Phi) is 6.46. The molecular formula is C20H20FNO3. The van der Waals surface area contributed by atoms with E-state index in [1.54, 1.807) is 25.2 Å². The number of ether oxygens (including phenoxy) is 1. The lowest BCUT2D eigenvalue weighted by atomic mass is 10.1. The molecule has 2 rings (SSSR count). The van der Waals surface area contributed by atoms with Gasteiger partial charge >= 0.3 is 5.97 Å². The van der Waals surface area contributed by atoms with E-state index >= 15 is 0 Å². The van der Waals surface area contributed by atoms with E-state index in [1.807, 2.05) is 31.2 Å². The molecular weight excluding hydrogens is 321 g/mol. The summed E-state index contributed by atoms with van der Waals surface area (Å²) in [5, 5.41) is 0. The third-order valence-electron chi connectivity index (χ3n) is 3.74. The van der Waals surface area contributed by atoms with Gasteiger partial charge in [-0.15, -0.1) is 0 Å². The summed E-state index contributed by atoms with van der Waals surface area (Å²) in [5.74, 6) is -1.43. The van der Waals surface area contributed by atoms with Crippen LogP contribution in [-0.2, 0) is 20.9 Å². The Morgan fingerprint density at radius 2 is 1.80 bits per heavy atom. The number of hydrogen-bond acceptors (Lipinski definition) is 3. The van der Waals surface area contributed by atoms with Crippen LogP contribution in [0.5, 0.6) is 0 Å². The fourth-order valence-electron chi connectivity index (χ4n) is 2.19. The second-order valence-electron chi connectivity index (χ2n) is 5.64. The van der Waals surface area contributed by atoms with Crippen molar-refractivity contribution in [3.8, 4) is 0 Å². The van der Waals surface area contributed by atoms with Crippen molar-refractivity contribution in [2.24, 2.45) is 0 Å². The molecule has 0 heterocycles. The van der Waals surface area contributed by atoms with Crippen LogP contribution in [0.3, 0.4) is 0 Å². The lowest BCUT2D eigenvalue weighted by Gasteiger charge is -2.18. The van der Waals surface area contributed by atoms with E-state index in [0.29, 0.717) is 6.54 Å². The monoisotopic (exact) mass is 341 g/mol. The third kappa shape index (κ3) is 5.57. The fraction of sp³-hybridized carbons (Fsp3) is 0.200. The highest BCUT2D eigenvalue weighted by Crippen LogP contribution is 2.10. The summed E-state index contributed by atoms with van der Waals surface area (Å²) in [5.41, 5.74) is 2.40. The van der Waals surface area contributed by atoms with Gasteiger partial charge in [0.05, 0.1) is 0 Å². The number of rotatable bonds is 6. The van der Waals surface area contributed by atoms with Gasteiger partial charge in [-0.2, -0.15) is 0 Å². The number of benzene rings is 2. The fourth-order valence-corrected chi connectivity index (χ4v) is 2.19. The van der Waals surface area contributed by atoms with Gasteiger partial charge in [-0.05, 0) is 30.2 Å². The van der Waals surface area contributed by atoms with Crippen LogP contribution in [0.15, 0.2) is 54.6 Å². The van der Waals surface area contributed by atoms with Crippen molar-refractivity contribution in [2.75, 3.05) is 13.7 Å². The molecule has 0 fully saturated rings. The molecule has 0 aromatic heterocycles. The van der Waals surface area contributed by atoms with E-state index in [2.05, 4.69) is 0 Å². The van der Waals surface area contributed by atoms with E-state index in [0.717, 1.165) is 17.2 Å². The Bertz CT molecular complexity index is 786. The minimum Gasteiger partial charge on any atom is -0.452 e. The first-order valence-electron chi connectivity index (χ1n) is 7.85. The number of aryl methyl sites for hydroxylation is 1. The van der Waals surface area contributed by atoms with E-state index in [1.165, 1.54) is 17.0 Å². The number of carbonyl (C=O) groups is 2. The van der Waals surface area contributed by atoms with Crippen molar-refractivity contribution in [3.63, 3.8) is 0 Å². The number of hydrogen-bond donors (Lipinski definition) is 0. The number of amides is 1. The molecule has 5 heteroatoms. The van der Waals surface area contributed by atoms with Crippen LogP contribution in [0.1, 0.15) is 16.7 Å². The molecule has 0 saturated heterocycles. The maximum atomic E-state index is 13.4. The molecule has 0 N–H and O–H groups in total. The average molecular weight is 341 g/mol. The summed E-state index contributed by atoms with van der Waals surface area (Å²) >= 11 is 0. The standard InChI is InChI=1S/C20H20FNO3/c1-15-7-3-4-9-17(15)13-22(2)19(23)14-25-20(24)12-11-16-8-5-6-10-18(16)21/h3-12H,13-14H2,1-2H3/b12-11+. The van der Waals surface area contributed by atoms with Gasteiger partial charge < -0.3 is 9.64 Å². The molecule has 0 radical (unpaired) electrons. The normalized spacial score (nSPS) is 10.7. The molecule has 0 saturated carbocycles. The van der Waals surface area contributed by atoms with Crippen molar-refractivity contribution in [1.29, 1.82) is 0 Å². The van der Waals surface area contributed by atoms with Crippen LogP contribution >= 0.6 is 0 Å². The molecule has 4 nitrogen and oxygen atoms in total. The molecule has 130 valence electrons. The zero-order valence-corrected chi connectivity index (χ0v) is 14.2. The van der Waals surface area contributed by atoms with Gasteiger partial charge in [0, 0.05) is 25.2 Å². The molecule has 0 aliphatic rings. The van der Waals surface area contributed by atoms with E-state index in [4.69, 9.17) is 4.74 Å². The average Bonchev–Trinajstić information content (AvgIpc) is 2.60. The Morgan fingerprint density at radius 1 is 1.12 bits per heavy atom. The van der Waals surface area contributed by atoms with E-state index in [9.17, 15) is 14.0 Å². The van der Waals surface area contributed by atoms with Crippen LogP contribution in [0, 0.1) is 12.7 Å². The van der Waals surface area contributed by atoms with Crippen molar-refractivity contribution in [3.05, 3.63) is 77.1 Å². The topological polar surface area (TPSA) is 46.6 Å². The number of esters is 1. The van der Waals surface area contributed by atoms with Crippen molar-refractivity contribution in [2.45, 2.75) is 13.5 Å². The summed E-state index contributed by atoms with van der Waals surface area (Å²) in [4.78, 5) is 25.2. The SMILES string of the molecule is Cc1ccccc1CN(C)C(=O)COC(=O)/C=C/c1ccccc1F. The summed E-state index contributed by atoms with van der Waals surface area (Å²) in [6.07, 6.45) is 2.42. The van der Waals surface area contributed by atoms with Crippen LogP contribution in [0.2, 0.25) is 0 Å². The first-order valence-corrected chi connectivity index (χ1v) is 7.85. The molecule has 1 amide bonds. The summed E-state index contributed by atoms with van der Waals surface area (Å²) in [6, 6.07) is 13.8. The molecule has 0 unspecified atom stereocenters. The minimum absolute atomic E-state index is 0.280. The first kappa shape index (κ1) is 18.4. The number of carbonyl (C=O) groups excluding carboxylic acids is 2. The molecule has 0 bridgehead atoms. The lowest BCUT2D eigenvalue weighted by molar-refractivity contribution is -0.147. The molecule has 2 aromatic rings.